The normalized spacial score (nSPS) is 24.7. The molecule has 0 radical (unpaired) electrons. The van der Waals surface area contributed by atoms with Gasteiger partial charge in [-0.1, -0.05) is 0 Å². The molecular weight excluding hydrogens is 245 g/mol. The SMILES string of the molecule is CN1CC(CN)CC1c1c(O)c(F)cc(F)c1F. The van der Waals surface area contributed by atoms with Crippen molar-refractivity contribution in [2.75, 3.05) is 20.1 Å². The molecule has 0 bridgehead atoms. The lowest BCUT2D eigenvalue weighted by Crippen LogP contribution is -2.21. The minimum absolute atomic E-state index is 0.130. The van der Waals surface area contributed by atoms with Crippen molar-refractivity contribution in [2.24, 2.45) is 11.7 Å². The Morgan fingerprint density at radius 2 is 2.06 bits per heavy atom. The van der Waals surface area contributed by atoms with Crippen LogP contribution in [0.5, 0.6) is 5.75 Å². The minimum Gasteiger partial charge on any atom is -0.505 e. The van der Waals surface area contributed by atoms with Gasteiger partial charge in [-0.05, 0) is 25.9 Å². The van der Waals surface area contributed by atoms with Crippen LogP contribution in [0.3, 0.4) is 0 Å². The van der Waals surface area contributed by atoms with E-state index in [0.717, 1.165) is 0 Å². The van der Waals surface area contributed by atoms with Gasteiger partial charge >= 0.3 is 0 Å². The van der Waals surface area contributed by atoms with E-state index in [4.69, 9.17) is 5.73 Å². The Kier molecular flexibility index (Phi) is 3.49. The summed E-state index contributed by atoms with van der Waals surface area (Å²) in [6.07, 6.45) is 0.473. The first-order valence-electron chi connectivity index (χ1n) is 5.72. The Labute approximate surface area is 103 Å². The summed E-state index contributed by atoms with van der Waals surface area (Å²) in [5.74, 6) is -4.31. The first-order chi connectivity index (χ1) is 8.45. The van der Waals surface area contributed by atoms with E-state index >= 15 is 0 Å². The van der Waals surface area contributed by atoms with Crippen LogP contribution in [0, 0.1) is 23.4 Å². The number of likely N-dealkylation sites (tertiary alicyclic amines) is 1. The van der Waals surface area contributed by atoms with Gasteiger partial charge in [0.05, 0.1) is 5.56 Å². The van der Waals surface area contributed by atoms with E-state index < -0.39 is 29.2 Å². The number of hydrogen-bond donors (Lipinski definition) is 2. The molecule has 1 saturated heterocycles. The molecule has 3 nitrogen and oxygen atoms in total. The number of hydrogen-bond acceptors (Lipinski definition) is 3. The fourth-order valence-corrected chi connectivity index (χ4v) is 2.52. The number of benzene rings is 1. The smallest absolute Gasteiger partial charge is 0.168 e. The van der Waals surface area contributed by atoms with Crippen LogP contribution in [-0.2, 0) is 0 Å². The standard InChI is InChI=1S/C12H15F3N2O/c1-17-5-6(4-16)2-9(17)10-11(15)7(13)3-8(14)12(10)18/h3,6,9,18H,2,4-5,16H2,1H3. The lowest BCUT2D eigenvalue weighted by Gasteiger charge is -2.21. The van der Waals surface area contributed by atoms with E-state index in [1.807, 2.05) is 0 Å². The molecule has 1 aromatic carbocycles. The molecule has 6 heteroatoms. The zero-order valence-corrected chi connectivity index (χ0v) is 9.96. The van der Waals surface area contributed by atoms with Gasteiger partial charge in [-0.3, -0.25) is 4.90 Å². The lowest BCUT2D eigenvalue weighted by atomic mass is 9.98. The van der Waals surface area contributed by atoms with E-state index in [0.29, 0.717) is 25.6 Å². The average molecular weight is 260 g/mol. The van der Waals surface area contributed by atoms with Crippen LogP contribution in [-0.4, -0.2) is 30.1 Å². The van der Waals surface area contributed by atoms with Crippen LogP contribution in [0.4, 0.5) is 13.2 Å². The molecule has 1 aliphatic rings. The number of aromatic hydroxyl groups is 1. The first-order valence-corrected chi connectivity index (χ1v) is 5.72. The summed E-state index contributed by atoms with van der Waals surface area (Å²) < 4.78 is 40.2. The summed E-state index contributed by atoms with van der Waals surface area (Å²) in [6.45, 7) is 1.03. The maximum Gasteiger partial charge on any atom is 0.168 e. The third kappa shape index (κ3) is 2.06. The monoisotopic (exact) mass is 260 g/mol. The molecule has 1 heterocycles. The Hall–Kier alpha value is -1.27. The molecule has 100 valence electrons. The van der Waals surface area contributed by atoms with Gasteiger partial charge in [0.1, 0.15) is 0 Å². The van der Waals surface area contributed by atoms with Crippen molar-refractivity contribution in [1.82, 2.24) is 4.90 Å². The predicted octanol–water partition coefficient (Wildman–Crippen LogP) is 1.76. The van der Waals surface area contributed by atoms with Crippen molar-refractivity contribution >= 4 is 0 Å². The number of nitrogens with zero attached hydrogens (tertiary/aromatic N) is 1. The van der Waals surface area contributed by atoms with Gasteiger partial charge in [0.25, 0.3) is 0 Å². The first kappa shape index (κ1) is 13.2. The van der Waals surface area contributed by atoms with Gasteiger partial charge in [0.2, 0.25) is 0 Å². The molecule has 3 N–H and O–H groups in total. The highest BCUT2D eigenvalue weighted by Crippen LogP contribution is 2.40. The van der Waals surface area contributed by atoms with Gasteiger partial charge in [0, 0.05) is 18.7 Å². The van der Waals surface area contributed by atoms with Crippen LogP contribution in [0.1, 0.15) is 18.0 Å². The highest BCUT2D eigenvalue weighted by atomic mass is 19.2. The van der Waals surface area contributed by atoms with Crippen LogP contribution >= 0.6 is 0 Å². The minimum atomic E-state index is -1.29. The molecule has 2 atom stereocenters. The number of phenols is 1. The maximum absolute atomic E-state index is 13.7. The second-order valence-electron chi connectivity index (χ2n) is 4.71. The summed E-state index contributed by atoms with van der Waals surface area (Å²) in [5.41, 5.74) is 5.23. The van der Waals surface area contributed by atoms with E-state index in [1.54, 1.807) is 11.9 Å². The molecule has 1 aliphatic heterocycles. The Morgan fingerprint density at radius 3 is 2.61 bits per heavy atom. The third-order valence-electron chi connectivity index (χ3n) is 3.48. The summed E-state index contributed by atoms with van der Waals surface area (Å²) in [7, 11) is 1.71. The molecule has 0 aromatic heterocycles. The van der Waals surface area contributed by atoms with Crippen molar-refractivity contribution in [1.29, 1.82) is 0 Å². The summed E-state index contributed by atoms with van der Waals surface area (Å²) in [5, 5.41) is 9.60. The Bertz CT molecular complexity index is 441. The Morgan fingerprint density at radius 1 is 1.39 bits per heavy atom. The van der Waals surface area contributed by atoms with Crippen LogP contribution in [0.25, 0.3) is 0 Å². The third-order valence-corrected chi connectivity index (χ3v) is 3.48. The number of halogens is 3. The van der Waals surface area contributed by atoms with E-state index in [-0.39, 0.29) is 11.5 Å². The molecule has 1 aromatic rings. The zero-order valence-electron chi connectivity index (χ0n) is 9.96. The second-order valence-corrected chi connectivity index (χ2v) is 4.71. The number of phenolic OH excluding ortho intramolecular Hbond substituents is 1. The van der Waals surface area contributed by atoms with E-state index in [2.05, 4.69) is 0 Å². The van der Waals surface area contributed by atoms with Crippen LogP contribution < -0.4 is 5.73 Å². The van der Waals surface area contributed by atoms with Gasteiger partial charge in [-0.15, -0.1) is 0 Å². The van der Waals surface area contributed by atoms with Gasteiger partial charge < -0.3 is 10.8 Å². The van der Waals surface area contributed by atoms with Gasteiger partial charge in [0.15, 0.2) is 23.2 Å². The van der Waals surface area contributed by atoms with Crippen molar-refractivity contribution in [2.45, 2.75) is 12.5 Å². The quantitative estimate of drug-likeness (QED) is 0.797. The fourth-order valence-electron chi connectivity index (χ4n) is 2.52. The summed E-state index contributed by atoms with van der Waals surface area (Å²) >= 11 is 0. The molecule has 0 spiro atoms. The van der Waals surface area contributed by atoms with Crippen molar-refractivity contribution < 1.29 is 18.3 Å². The lowest BCUT2D eigenvalue weighted by molar-refractivity contribution is 0.290. The zero-order chi connectivity index (χ0) is 13.4. The van der Waals surface area contributed by atoms with Gasteiger partial charge in [-0.2, -0.15) is 0 Å². The Balaban J connectivity index is 2.45. The molecule has 1 fully saturated rings. The summed E-state index contributed by atoms with van der Waals surface area (Å²) in [4.78, 5) is 1.74. The van der Waals surface area contributed by atoms with Gasteiger partial charge in [-0.25, -0.2) is 13.2 Å². The topological polar surface area (TPSA) is 49.5 Å². The maximum atomic E-state index is 13.7. The van der Waals surface area contributed by atoms with Crippen molar-refractivity contribution in [3.05, 3.63) is 29.1 Å². The number of nitrogens with two attached hydrogens (primary N) is 1. The molecule has 2 rings (SSSR count). The van der Waals surface area contributed by atoms with E-state index in [1.165, 1.54) is 0 Å². The molecule has 0 amide bonds. The number of rotatable bonds is 2. The second kappa shape index (κ2) is 4.78. The van der Waals surface area contributed by atoms with Crippen LogP contribution in [0.15, 0.2) is 6.07 Å². The summed E-state index contributed by atoms with van der Waals surface area (Å²) in [6, 6.07) is -0.201. The van der Waals surface area contributed by atoms with Crippen molar-refractivity contribution in [3.8, 4) is 5.75 Å². The highest BCUT2D eigenvalue weighted by Gasteiger charge is 2.35. The average Bonchev–Trinajstić information content (AvgIpc) is 2.69. The highest BCUT2D eigenvalue weighted by molar-refractivity contribution is 5.38. The van der Waals surface area contributed by atoms with E-state index in [9.17, 15) is 18.3 Å². The largest absolute Gasteiger partial charge is 0.505 e. The molecular formula is C12H15F3N2O. The molecule has 18 heavy (non-hydrogen) atoms. The molecule has 0 aliphatic carbocycles. The fraction of sp³-hybridized carbons (Fsp3) is 0.500. The van der Waals surface area contributed by atoms with Crippen LogP contribution in [0.2, 0.25) is 0 Å². The molecule has 0 saturated carbocycles. The molecule has 2 unspecified atom stereocenters. The van der Waals surface area contributed by atoms with Crippen molar-refractivity contribution in [3.63, 3.8) is 0 Å². The predicted molar refractivity (Wildman–Crippen MR) is 60.5 cm³/mol.